The van der Waals surface area contributed by atoms with Crippen molar-refractivity contribution in [2.45, 2.75) is 44.6 Å². The SMILES string of the molecule is C1CCCCC1.O=C([O-])C1CO1. The Kier molecular flexibility index (Phi) is 4.08. The molecule has 0 N–H and O–H groups in total. The average molecular weight is 171 g/mol. The maximum absolute atomic E-state index is 9.53. The molecule has 0 amide bonds. The van der Waals surface area contributed by atoms with E-state index in [4.69, 9.17) is 0 Å². The van der Waals surface area contributed by atoms with Gasteiger partial charge in [-0.25, -0.2) is 0 Å². The Hall–Kier alpha value is -0.570. The summed E-state index contributed by atoms with van der Waals surface area (Å²) >= 11 is 0. The summed E-state index contributed by atoms with van der Waals surface area (Å²) in [4.78, 5) is 9.53. The quantitative estimate of drug-likeness (QED) is 0.539. The molecular formula is C9H15O3-. The molecule has 1 unspecified atom stereocenters. The highest BCUT2D eigenvalue weighted by Gasteiger charge is 2.22. The van der Waals surface area contributed by atoms with Gasteiger partial charge in [0.25, 0.3) is 0 Å². The molecule has 1 aliphatic carbocycles. The molecule has 70 valence electrons. The first-order valence-corrected chi connectivity index (χ1v) is 4.63. The summed E-state index contributed by atoms with van der Waals surface area (Å²) in [6, 6.07) is 0. The standard InChI is InChI=1S/C6H12.C3H4O3/c1-2-4-6-5-3-1;4-3(5)2-1-6-2/h1-6H2;2H,1H2,(H,4,5)/p-1. The van der Waals surface area contributed by atoms with Crippen molar-refractivity contribution >= 4 is 5.97 Å². The lowest BCUT2D eigenvalue weighted by Gasteiger charge is -2.05. The van der Waals surface area contributed by atoms with E-state index in [9.17, 15) is 9.90 Å². The lowest BCUT2D eigenvalue weighted by molar-refractivity contribution is -0.307. The van der Waals surface area contributed by atoms with Crippen molar-refractivity contribution < 1.29 is 14.6 Å². The summed E-state index contributed by atoms with van der Waals surface area (Å²) in [6.45, 7) is 0.336. The van der Waals surface area contributed by atoms with E-state index in [2.05, 4.69) is 4.74 Å². The van der Waals surface area contributed by atoms with Crippen LogP contribution in [0.2, 0.25) is 0 Å². The summed E-state index contributed by atoms with van der Waals surface area (Å²) in [5, 5.41) is 9.53. The first-order valence-electron chi connectivity index (χ1n) is 4.63. The highest BCUT2D eigenvalue weighted by Crippen LogP contribution is 2.15. The molecular weight excluding hydrogens is 156 g/mol. The van der Waals surface area contributed by atoms with E-state index in [1.54, 1.807) is 0 Å². The fourth-order valence-corrected chi connectivity index (χ4v) is 1.24. The first kappa shape index (κ1) is 9.52. The van der Waals surface area contributed by atoms with Crippen molar-refractivity contribution in [3.8, 4) is 0 Å². The van der Waals surface area contributed by atoms with E-state index >= 15 is 0 Å². The van der Waals surface area contributed by atoms with Gasteiger partial charge in [-0.05, 0) is 0 Å². The molecule has 1 saturated heterocycles. The van der Waals surface area contributed by atoms with Crippen molar-refractivity contribution in [1.82, 2.24) is 0 Å². The number of rotatable bonds is 1. The van der Waals surface area contributed by atoms with Crippen molar-refractivity contribution in [2.24, 2.45) is 0 Å². The number of epoxide rings is 1. The van der Waals surface area contributed by atoms with Crippen LogP contribution in [0.25, 0.3) is 0 Å². The summed E-state index contributed by atoms with van der Waals surface area (Å²) in [6.07, 6.45) is 8.41. The van der Waals surface area contributed by atoms with Crippen LogP contribution in [0.5, 0.6) is 0 Å². The van der Waals surface area contributed by atoms with E-state index in [1.807, 2.05) is 0 Å². The van der Waals surface area contributed by atoms with Crippen LogP contribution >= 0.6 is 0 Å². The van der Waals surface area contributed by atoms with Crippen LogP contribution in [-0.2, 0) is 9.53 Å². The van der Waals surface area contributed by atoms with Crippen molar-refractivity contribution in [1.29, 1.82) is 0 Å². The van der Waals surface area contributed by atoms with Crippen molar-refractivity contribution in [2.75, 3.05) is 6.61 Å². The molecule has 0 aromatic rings. The van der Waals surface area contributed by atoms with E-state index < -0.39 is 12.1 Å². The summed E-state index contributed by atoms with van der Waals surface area (Å²) in [5.41, 5.74) is 0. The predicted molar refractivity (Wildman–Crippen MR) is 42.4 cm³/mol. The number of carbonyl (C=O) groups excluding carboxylic acids is 1. The molecule has 3 nitrogen and oxygen atoms in total. The highest BCUT2D eigenvalue weighted by molar-refractivity contribution is 5.72. The van der Waals surface area contributed by atoms with Gasteiger partial charge in [-0.2, -0.15) is 0 Å². The summed E-state index contributed by atoms with van der Waals surface area (Å²) in [7, 11) is 0. The molecule has 1 saturated carbocycles. The van der Waals surface area contributed by atoms with E-state index in [-0.39, 0.29) is 0 Å². The Labute approximate surface area is 72.7 Å². The Balaban J connectivity index is 0.000000120. The number of aliphatic carboxylic acids is 1. The molecule has 0 aromatic carbocycles. The minimum absolute atomic E-state index is 0.336. The second-order valence-electron chi connectivity index (χ2n) is 3.26. The van der Waals surface area contributed by atoms with Crippen LogP contribution < -0.4 is 5.11 Å². The van der Waals surface area contributed by atoms with Gasteiger partial charge in [0.1, 0.15) is 6.10 Å². The van der Waals surface area contributed by atoms with Crippen LogP contribution in [0.3, 0.4) is 0 Å². The summed E-state index contributed by atoms with van der Waals surface area (Å²) in [5.74, 6) is -1.10. The summed E-state index contributed by atoms with van der Waals surface area (Å²) < 4.78 is 4.31. The Morgan fingerprint density at radius 1 is 1.08 bits per heavy atom. The van der Waals surface area contributed by atoms with Gasteiger partial charge in [0.05, 0.1) is 12.6 Å². The second-order valence-corrected chi connectivity index (χ2v) is 3.26. The number of ether oxygens (including phenoxy) is 1. The maximum Gasteiger partial charge on any atom is 0.120 e. The predicted octanol–water partition coefficient (Wildman–Crippen LogP) is 0.476. The molecule has 1 heterocycles. The molecule has 12 heavy (non-hydrogen) atoms. The van der Waals surface area contributed by atoms with Gasteiger partial charge in [-0.3, -0.25) is 0 Å². The topological polar surface area (TPSA) is 52.7 Å². The minimum Gasteiger partial charge on any atom is -0.547 e. The number of hydrogen-bond acceptors (Lipinski definition) is 3. The smallest absolute Gasteiger partial charge is 0.120 e. The third-order valence-electron chi connectivity index (χ3n) is 2.10. The average Bonchev–Trinajstić information content (AvgIpc) is 2.90. The lowest BCUT2D eigenvalue weighted by Crippen LogP contribution is -2.27. The van der Waals surface area contributed by atoms with Crippen molar-refractivity contribution in [3.63, 3.8) is 0 Å². The Morgan fingerprint density at radius 2 is 1.42 bits per heavy atom. The van der Waals surface area contributed by atoms with Gasteiger partial charge in [-0.15, -0.1) is 0 Å². The fraction of sp³-hybridized carbons (Fsp3) is 0.889. The normalized spacial score (nSPS) is 26.8. The van der Waals surface area contributed by atoms with Gasteiger partial charge in [-0.1, -0.05) is 38.5 Å². The zero-order valence-electron chi connectivity index (χ0n) is 7.25. The zero-order chi connectivity index (χ0) is 8.81. The minimum atomic E-state index is -1.10. The molecule has 1 atom stereocenters. The molecule has 2 aliphatic rings. The maximum atomic E-state index is 9.53. The van der Waals surface area contributed by atoms with Gasteiger partial charge < -0.3 is 14.6 Å². The molecule has 0 bridgehead atoms. The van der Waals surface area contributed by atoms with Crippen LogP contribution in [0.15, 0.2) is 0 Å². The molecule has 0 aromatic heterocycles. The molecule has 0 radical (unpaired) electrons. The second kappa shape index (κ2) is 5.14. The highest BCUT2D eigenvalue weighted by atomic mass is 16.6. The van der Waals surface area contributed by atoms with Crippen LogP contribution in [0, 0.1) is 0 Å². The van der Waals surface area contributed by atoms with Crippen molar-refractivity contribution in [3.05, 3.63) is 0 Å². The number of carbonyl (C=O) groups is 1. The number of carboxylic acid groups (broad SMARTS) is 1. The van der Waals surface area contributed by atoms with Gasteiger partial charge in [0.2, 0.25) is 0 Å². The third-order valence-corrected chi connectivity index (χ3v) is 2.10. The molecule has 0 spiro atoms. The first-order chi connectivity index (χ1) is 5.80. The van der Waals surface area contributed by atoms with Gasteiger partial charge in [0, 0.05) is 0 Å². The van der Waals surface area contributed by atoms with Crippen LogP contribution in [0.1, 0.15) is 38.5 Å². The monoisotopic (exact) mass is 171 g/mol. The third kappa shape index (κ3) is 4.34. The number of hydrogen-bond donors (Lipinski definition) is 0. The zero-order valence-corrected chi connectivity index (χ0v) is 7.25. The molecule has 2 fully saturated rings. The Morgan fingerprint density at radius 3 is 1.50 bits per heavy atom. The van der Waals surface area contributed by atoms with Crippen LogP contribution in [0.4, 0.5) is 0 Å². The van der Waals surface area contributed by atoms with Gasteiger partial charge in [0.15, 0.2) is 0 Å². The fourth-order valence-electron chi connectivity index (χ4n) is 1.24. The van der Waals surface area contributed by atoms with E-state index in [0.29, 0.717) is 6.61 Å². The largest absolute Gasteiger partial charge is 0.547 e. The lowest BCUT2D eigenvalue weighted by atomic mass is 10.0. The van der Waals surface area contributed by atoms with Gasteiger partial charge >= 0.3 is 0 Å². The van der Waals surface area contributed by atoms with E-state index in [1.165, 1.54) is 38.5 Å². The van der Waals surface area contributed by atoms with Crippen LogP contribution in [-0.4, -0.2) is 18.7 Å². The Bertz CT molecular complexity index is 125. The molecule has 3 heteroatoms. The molecule has 2 rings (SSSR count). The molecule has 1 aliphatic heterocycles. The van der Waals surface area contributed by atoms with E-state index in [0.717, 1.165) is 0 Å². The number of carboxylic acids is 1.